The van der Waals surface area contributed by atoms with Crippen molar-refractivity contribution in [3.05, 3.63) is 40.6 Å². The van der Waals surface area contributed by atoms with Gasteiger partial charge >= 0.3 is 6.03 Å². The van der Waals surface area contributed by atoms with Gasteiger partial charge in [-0.25, -0.2) is 4.79 Å². The molecule has 7 heteroatoms. The summed E-state index contributed by atoms with van der Waals surface area (Å²) in [5, 5.41) is 5.06. The first-order chi connectivity index (χ1) is 12.7. The van der Waals surface area contributed by atoms with Gasteiger partial charge in [-0.2, -0.15) is 0 Å². The van der Waals surface area contributed by atoms with E-state index in [2.05, 4.69) is 27.7 Å². The van der Waals surface area contributed by atoms with E-state index in [4.69, 9.17) is 9.47 Å². The minimum absolute atomic E-state index is 0.0913. The van der Waals surface area contributed by atoms with E-state index < -0.39 is 0 Å². The molecule has 0 bridgehead atoms. The lowest BCUT2D eigenvalue weighted by Gasteiger charge is -2.34. The maximum absolute atomic E-state index is 12.6. The maximum Gasteiger partial charge on any atom is 0.322 e. The maximum atomic E-state index is 12.6. The fourth-order valence-electron chi connectivity index (χ4n) is 2.99. The van der Waals surface area contributed by atoms with Gasteiger partial charge in [-0.05, 0) is 30.0 Å². The average Bonchev–Trinajstić information content (AvgIpc) is 3.20. The number of amides is 2. The monoisotopic (exact) mass is 375 g/mol. The van der Waals surface area contributed by atoms with Gasteiger partial charge in [0.05, 0.1) is 19.9 Å². The number of carbonyl (C=O) groups is 1. The van der Waals surface area contributed by atoms with Crippen LogP contribution in [0.3, 0.4) is 0 Å². The van der Waals surface area contributed by atoms with Gasteiger partial charge in [0, 0.05) is 43.7 Å². The molecule has 1 aromatic carbocycles. The number of thiophene rings is 1. The van der Waals surface area contributed by atoms with Gasteiger partial charge < -0.3 is 19.7 Å². The Morgan fingerprint density at radius 2 is 1.96 bits per heavy atom. The molecule has 1 aliphatic rings. The fraction of sp³-hybridized carbons (Fsp3) is 0.421. The van der Waals surface area contributed by atoms with Crippen LogP contribution in [0.2, 0.25) is 0 Å². The highest BCUT2D eigenvalue weighted by molar-refractivity contribution is 7.09. The van der Waals surface area contributed by atoms with E-state index in [1.165, 1.54) is 4.88 Å². The first-order valence-electron chi connectivity index (χ1n) is 8.72. The highest BCUT2D eigenvalue weighted by atomic mass is 32.1. The highest BCUT2D eigenvalue weighted by Gasteiger charge is 2.21. The largest absolute Gasteiger partial charge is 0.497 e. The highest BCUT2D eigenvalue weighted by Crippen LogP contribution is 2.29. The molecule has 1 aliphatic heterocycles. The molecule has 0 unspecified atom stereocenters. The quantitative estimate of drug-likeness (QED) is 0.843. The predicted molar refractivity (Wildman–Crippen MR) is 105 cm³/mol. The molecule has 3 rings (SSSR count). The van der Waals surface area contributed by atoms with E-state index in [0.29, 0.717) is 17.2 Å². The first kappa shape index (κ1) is 18.5. The number of piperazine rings is 1. The number of benzene rings is 1. The summed E-state index contributed by atoms with van der Waals surface area (Å²) >= 11 is 1.80. The summed E-state index contributed by atoms with van der Waals surface area (Å²) < 4.78 is 10.5. The zero-order valence-electron chi connectivity index (χ0n) is 15.2. The minimum atomic E-state index is -0.0913. The Bertz CT molecular complexity index is 713. The molecule has 1 aromatic heterocycles. The van der Waals surface area contributed by atoms with Crippen LogP contribution in [0.25, 0.3) is 0 Å². The van der Waals surface area contributed by atoms with Crippen LogP contribution >= 0.6 is 11.3 Å². The normalized spacial score (nSPS) is 14.9. The van der Waals surface area contributed by atoms with E-state index in [-0.39, 0.29) is 6.03 Å². The minimum Gasteiger partial charge on any atom is -0.497 e. The van der Waals surface area contributed by atoms with E-state index >= 15 is 0 Å². The number of rotatable bonds is 6. The van der Waals surface area contributed by atoms with Crippen LogP contribution in [0.15, 0.2) is 35.7 Å². The van der Waals surface area contributed by atoms with Crippen molar-refractivity contribution >= 4 is 23.1 Å². The molecule has 1 saturated heterocycles. The number of anilines is 1. The third kappa shape index (κ3) is 4.68. The van der Waals surface area contributed by atoms with Crippen molar-refractivity contribution in [3.8, 4) is 11.5 Å². The first-order valence-corrected chi connectivity index (χ1v) is 9.60. The Morgan fingerprint density at radius 3 is 2.62 bits per heavy atom. The molecule has 6 nitrogen and oxygen atoms in total. The van der Waals surface area contributed by atoms with Crippen LogP contribution in [0.1, 0.15) is 4.88 Å². The molecule has 2 aromatic rings. The van der Waals surface area contributed by atoms with E-state index in [1.807, 2.05) is 4.90 Å². The van der Waals surface area contributed by atoms with Crippen LogP contribution in [0, 0.1) is 0 Å². The van der Waals surface area contributed by atoms with Crippen molar-refractivity contribution in [2.75, 3.05) is 52.3 Å². The van der Waals surface area contributed by atoms with E-state index in [1.54, 1.807) is 43.8 Å². The summed E-state index contributed by atoms with van der Waals surface area (Å²) in [7, 11) is 3.18. The summed E-state index contributed by atoms with van der Waals surface area (Å²) in [4.78, 5) is 18.2. The van der Waals surface area contributed by atoms with E-state index in [0.717, 1.165) is 39.1 Å². The molecular formula is C19H25N3O3S. The topological polar surface area (TPSA) is 54.0 Å². The van der Waals surface area contributed by atoms with Gasteiger partial charge in [-0.3, -0.25) is 4.90 Å². The van der Waals surface area contributed by atoms with Crippen LogP contribution in [-0.4, -0.2) is 62.8 Å². The standard InChI is InChI=1S/C19H25N3O3S/c1-24-15-5-6-17(18(14-15)25-2)20-19(23)22-11-9-21(10-12-22)8-7-16-4-3-13-26-16/h3-6,13-14H,7-12H2,1-2H3,(H,20,23). The van der Waals surface area contributed by atoms with Gasteiger partial charge in [0.25, 0.3) is 0 Å². The molecule has 0 saturated carbocycles. The number of hydrogen-bond donors (Lipinski definition) is 1. The Labute approximate surface area is 158 Å². The van der Waals surface area contributed by atoms with Crippen molar-refractivity contribution in [2.24, 2.45) is 0 Å². The molecule has 140 valence electrons. The second-order valence-corrected chi connectivity index (χ2v) is 7.19. The lowest BCUT2D eigenvalue weighted by molar-refractivity contribution is 0.148. The molecule has 0 aliphatic carbocycles. The summed E-state index contributed by atoms with van der Waals surface area (Å²) in [5.41, 5.74) is 0.651. The fourth-order valence-corrected chi connectivity index (χ4v) is 3.69. The molecule has 1 fully saturated rings. The van der Waals surface area contributed by atoms with Gasteiger partial charge in [0.1, 0.15) is 11.5 Å². The van der Waals surface area contributed by atoms with Gasteiger partial charge in [-0.15, -0.1) is 11.3 Å². The number of nitrogens with one attached hydrogen (secondary N) is 1. The zero-order chi connectivity index (χ0) is 18.4. The Balaban J connectivity index is 1.49. The summed E-state index contributed by atoms with van der Waals surface area (Å²) in [6, 6.07) is 9.55. The smallest absolute Gasteiger partial charge is 0.322 e. The molecule has 0 atom stereocenters. The summed E-state index contributed by atoms with van der Waals surface area (Å²) in [6.07, 6.45) is 1.08. The molecule has 1 N–H and O–H groups in total. The third-order valence-corrected chi connectivity index (χ3v) is 5.50. The second kappa shape index (κ2) is 8.91. The van der Waals surface area contributed by atoms with Crippen LogP contribution in [0.5, 0.6) is 11.5 Å². The van der Waals surface area contributed by atoms with E-state index in [9.17, 15) is 4.79 Å². The number of ether oxygens (including phenoxy) is 2. The third-order valence-electron chi connectivity index (χ3n) is 4.56. The van der Waals surface area contributed by atoms with Gasteiger partial charge in [-0.1, -0.05) is 6.07 Å². The van der Waals surface area contributed by atoms with Crippen molar-refractivity contribution < 1.29 is 14.3 Å². The molecule has 2 amide bonds. The molecular weight excluding hydrogens is 350 g/mol. The van der Waals surface area contributed by atoms with Crippen LogP contribution in [-0.2, 0) is 6.42 Å². The van der Waals surface area contributed by atoms with Crippen molar-refractivity contribution in [3.63, 3.8) is 0 Å². The lowest BCUT2D eigenvalue weighted by Crippen LogP contribution is -2.50. The Kier molecular flexibility index (Phi) is 6.35. The molecule has 0 radical (unpaired) electrons. The Hall–Kier alpha value is -2.25. The number of hydrogen-bond acceptors (Lipinski definition) is 5. The molecule has 0 spiro atoms. The number of urea groups is 1. The summed E-state index contributed by atoms with van der Waals surface area (Å²) in [5.74, 6) is 1.28. The Morgan fingerprint density at radius 1 is 1.15 bits per heavy atom. The second-order valence-electron chi connectivity index (χ2n) is 6.15. The number of methoxy groups -OCH3 is 2. The summed E-state index contributed by atoms with van der Waals surface area (Å²) in [6.45, 7) is 4.31. The van der Waals surface area contributed by atoms with Crippen LogP contribution < -0.4 is 14.8 Å². The van der Waals surface area contributed by atoms with Crippen LogP contribution in [0.4, 0.5) is 10.5 Å². The number of nitrogens with zero attached hydrogens (tertiary/aromatic N) is 2. The molecule has 2 heterocycles. The van der Waals surface area contributed by atoms with Crippen molar-refractivity contribution in [2.45, 2.75) is 6.42 Å². The number of carbonyl (C=O) groups excluding carboxylic acids is 1. The average molecular weight is 375 g/mol. The van der Waals surface area contributed by atoms with Gasteiger partial charge in [0.2, 0.25) is 0 Å². The zero-order valence-corrected chi connectivity index (χ0v) is 16.1. The molecule has 26 heavy (non-hydrogen) atoms. The lowest BCUT2D eigenvalue weighted by atomic mass is 10.2. The van der Waals surface area contributed by atoms with Gasteiger partial charge in [0.15, 0.2) is 0 Å². The SMILES string of the molecule is COc1ccc(NC(=O)N2CCN(CCc3cccs3)CC2)c(OC)c1. The predicted octanol–water partition coefficient (Wildman–Crippen LogP) is 3.16. The van der Waals surface area contributed by atoms with Crippen molar-refractivity contribution in [1.29, 1.82) is 0 Å². The van der Waals surface area contributed by atoms with Crippen molar-refractivity contribution in [1.82, 2.24) is 9.80 Å².